The van der Waals surface area contributed by atoms with Crippen molar-refractivity contribution in [3.05, 3.63) is 0 Å². The molecule has 1 aliphatic heterocycles. The summed E-state index contributed by atoms with van der Waals surface area (Å²) in [4.78, 5) is 2.13. The van der Waals surface area contributed by atoms with Crippen molar-refractivity contribution in [2.24, 2.45) is 0 Å². The van der Waals surface area contributed by atoms with Crippen molar-refractivity contribution in [2.75, 3.05) is 39.9 Å². The number of nitrogens with one attached hydrogen (secondary N) is 1. The lowest BCUT2D eigenvalue weighted by molar-refractivity contribution is 0.0783. The maximum absolute atomic E-state index is 13.6. The van der Waals surface area contributed by atoms with Crippen molar-refractivity contribution < 1.29 is 9.13 Å². The van der Waals surface area contributed by atoms with Crippen LogP contribution in [0, 0.1) is 0 Å². The molecule has 1 N–H and O–H groups in total. The zero-order valence-electron chi connectivity index (χ0n) is 9.13. The first-order valence-electron chi connectivity index (χ1n) is 5.36. The first kappa shape index (κ1) is 11.9. The molecule has 2 unspecified atom stereocenters. The van der Waals surface area contributed by atoms with E-state index in [0.29, 0.717) is 13.2 Å². The van der Waals surface area contributed by atoms with Gasteiger partial charge in [-0.2, -0.15) is 0 Å². The number of alkyl halides is 1. The molecule has 3 nitrogen and oxygen atoms in total. The van der Waals surface area contributed by atoms with E-state index in [4.69, 9.17) is 4.74 Å². The molecule has 0 saturated carbocycles. The summed E-state index contributed by atoms with van der Waals surface area (Å²) >= 11 is 0. The van der Waals surface area contributed by atoms with Crippen LogP contribution in [0.3, 0.4) is 0 Å². The van der Waals surface area contributed by atoms with E-state index < -0.39 is 6.17 Å². The molecule has 1 rings (SSSR count). The third-order valence-electron chi connectivity index (χ3n) is 2.70. The minimum atomic E-state index is -0.736. The molecule has 0 aromatic rings. The van der Waals surface area contributed by atoms with Crippen LogP contribution in [0.15, 0.2) is 0 Å². The Kier molecular flexibility index (Phi) is 5.37. The van der Waals surface area contributed by atoms with E-state index in [1.807, 2.05) is 6.92 Å². The van der Waals surface area contributed by atoms with E-state index in [-0.39, 0.29) is 6.04 Å². The Morgan fingerprint density at radius 3 is 2.93 bits per heavy atom. The monoisotopic (exact) mass is 204 g/mol. The van der Waals surface area contributed by atoms with Crippen LogP contribution in [0.5, 0.6) is 0 Å². The molecular weight excluding hydrogens is 183 g/mol. The van der Waals surface area contributed by atoms with Gasteiger partial charge in [-0.3, -0.25) is 4.90 Å². The summed E-state index contributed by atoms with van der Waals surface area (Å²) in [7, 11) is 1.68. The van der Waals surface area contributed by atoms with E-state index in [2.05, 4.69) is 10.2 Å². The second-order valence-electron chi connectivity index (χ2n) is 3.76. The number of hydrogen-bond donors (Lipinski definition) is 1. The molecule has 1 fully saturated rings. The molecule has 0 aromatic heterocycles. The third kappa shape index (κ3) is 3.52. The van der Waals surface area contributed by atoms with Crippen LogP contribution >= 0.6 is 0 Å². The number of rotatable bonds is 5. The Morgan fingerprint density at radius 2 is 2.36 bits per heavy atom. The number of methoxy groups -OCH3 is 1. The van der Waals surface area contributed by atoms with Crippen LogP contribution in [0.25, 0.3) is 0 Å². The van der Waals surface area contributed by atoms with Crippen LogP contribution in [0.1, 0.15) is 13.3 Å². The normalized spacial score (nSPS) is 29.4. The Balaban J connectivity index is 2.24. The molecule has 1 saturated heterocycles. The van der Waals surface area contributed by atoms with Crippen molar-refractivity contribution in [3.63, 3.8) is 0 Å². The minimum absolute atomic E-state index is 0.0544. The van der Waals surface area contributed by atoms with Crippen LogP contribution in [-0.2, 0) is 4.74 Å². The minimum Gasteiger partial charge on any atom is -0.383 e. The Labute approximate surface area is 85.6 Å². The van der Waals surface area contributed by atoms with Crippen molar-refractivity contribution >= 4 is 0 Å². The van der Waals surface area contributed by atoms with Crippen molar-refractivity contribution in [2.45, 2.75) is 25.6 Å². The lowest BCUT2D eigenvalue weighted by Crippen LogP contribution is -2.51. The molecule has 0 bridgehead atoms. The van der Waals surface area contributed by atoms with Gasteiger partial charge in [-0.05, 0) is 19.5 Å². The van der Waals surface area contributed by atoms with Gasteiger partial charge >= 0.3 is 0 Å². The van der Waals surface area contributed by atoms with Crippen LogP contribution in [-0.4, -0.2) is 57.0 Å². The zero-order chi connectivity index (χ0) is 10.4. The molecule has 0 aliphatic carbocycles. The predicted molar refractivity (Wildman–Crippen MR) is 55.3 cm³/mol. The van der Waals surface area contributed by atoms with Gasteiger partial charge in [0.05, 0.1) is 6.61 Å². The number of halogens is 1. The summed E-state index contributed by atoms with van der Waals surface area (Å²) in [5.41, 5.74) is 0. The zero-order valence-corrected chi connectivity index (χ0v) is 9.13. The number of likely N-dealkylation sites (tertiary alicyclic amines) is 1. The fraction of sp³-hybridized carbons (Fsp3) is 1.00. The topological polar surface area (TPSA) is 24.5 Å². The fourth-order valence-electron chi connectivity index (χ4n) is 1.88. The van der Waals surface area contributed by atoms with E-state index in [9.17, 15) is 4.39 Å². The van der Waals surface area contributed by atoms with Crippen LogP contribution in [0.2, 0.25) is 0 Å². The van der Waals surface area contributed by atoms with E-state index in [0.717, 1.165) is 26.1 Å². The molecule has 0 radical (unpaired) electrons. The molecule has 0 aromatic carbocycles. The summed E-state index contributed by atoms with van der Waals surface area (Å²) < 4.78 is 18.5. The molecular formula is C10H21FN2O. The summed E-state index contributed by atoms with van der Waals surface area (Å²) in [5.74, 6) is 0. The fourth-order valence-corrected chi connectivity index (χ4v) is 1.88. The smallest absolute Gasteiger partial charge is 0.128 e. The second-order valence-corrected chi connectivity index (χ2v) is 3.76. The first-order chi connectivity index (χ1) is 6.77. The lowest BCUT2D eigenvalue weighted by atomic mass is 10.0. The Bertz CT molecular complexity index is 157. The third-order valence-corrected chi connectivity index (χ3v) is 2.70. The van der Waals surface area contributed by atoms with Crippen molar-refractivity contribution in [3.8, 4) is 0 Å². The van der Waals surface area contributed by atoms with Gasteiger partial charge in [-0.1, -0.05) is 6.92 Å². The van der Waals surface area contributed by atoms with E-state index in [1.165, 1.54) is 0 Å². The highest BCUT2D eigenvalue weighted by atomic mass is 19.1. The second kappa shape index (κ2) is 6.32. The Morgan fingerprint density at radius 1 is 1.57 bits per heavy atom. The Hall–Kier alpha value is -0.190. The maximum Gasteiger partial charge on any atom is 0.128 e. The highest BCUT2D eigenvalue weighted by Crippen LogP contribution is 2.13. The summed E-state index contributed by atoms with van der Waals surface area (Å²) in [5, 5.41) is 3.18. The SMILES string of the molecule is CCNC1CCN(CCOC)CC1F. The molecule has 14 heavy (non-hydrogen) atoms. The van der Waals surface area contributed by atoms with Crippen molar-refractivity contribution in [1.82, 2.24) is 10.2 Å². The average Bonchev–Trinajstić information content (AvgIpc) is 2.19. The van der Waals surface area contributed by atoms with Gasteiger partial charge in [-0.25, -0.2) is 4.39 Å². The molecule has 1 heterocycles. The summed E-state index contributed by atoms with van der Waals surface area (Å²) in [6, 6.07) is 0.0544. The molecule has 1 aliphatic rings. The highest BCUT2D eigenvalue weighted by molar-refractivity contribution is 4.84. The van der Waals surface area contributed by atoms with Gasteiger partial charge in [0.25, 0.3) is 0 Å². The standard InChI is InChI=1S/C10H21FN2O/c1-3-12-10-4-5-13(6-7-14-2)8-9(10)11/h9-10,12H,3-8H2,1-2H3. The van der Waals surface area contributed by atoms with E-state index >= 15 is 0 Å². The highest BCUT2D eigenvalue weighted by Gasteiger charge is 2.27. The van der Waals surface area contributed by atoms with Crippen LogP contribution in [0.4, 0.5) is 4.39 Å². The lowest BCUT2D eigenvalue weighted by Gasteiger charge is -2.34. The molecule has 0 spiro atoms. The number of ether oxygens (including phenoxy) is 1. The van der Waals surface area contributed by atoms with E-state index in [1.54, 1.807) is 7.11 Å². The number of piperidine rings is 1. The number of hydrogen-bond acceptors (Lipinski definition) is 3. The quantitative estimate of drug-likeness (QED) is 0.712. The summed E-state index contributed by atoms with van der Waals surface area (Å²) in [6.07, 6.45) is 0.166. The predicted octanol–water partition coefficient (Wildman–Crippen LogP) is 0.655. The van der Waals surface area contributed by atoms with Crippen molar-refractivity contribution in [1.29, 1.82) is 0 Å². The average molecular weight is 204 g/mol. The van der Waals surface area contributed by atoms with Gasteiger partial charge < -0.3 is 10.1 Å². The van der Waals surface area contributed by atoms with Gasteiger partial charge in [0.2, 0.25) is 0 Å². The van der Waals surface area contributed by atoms with Gasteiger partial charge in [0.1, 0.15) is 6.17 Å². The molecule has 0 amide bonds. The largest absolute Gasteiger partial charge is 0.383 e. The van der Waals surface area contributed by atoms with Gasteiger partial charge in [0.15, 0.2) is 0 Å². The van der Waals surface area contributed by atoms with Gasteiger partial charge in [-0.15, -0.1) is 0 Å². The van der Waals surface area contributed by atoms with Crippen LogP contribution < -0.4 is 5.32 Å². The summed E-state index contributed by atoms with van der Waals surface area (Å²) in [6.45, 7) is 5.92. The first-order valence-corrected chi connectivity index (χ1v) is 5.36. The maximum atomic E-state index is 13.6. The van der Waals surface area contributed by atoms with Gasteiger partial charge in [0, 0.05) is 26.2 Å². The molecule has 4 heteroatoms. The molecule has 2 atom stereocenters. The molecule has 84 valence electrons. The number of nitrogens with zero attached hydrogens (tertiary/aromatic N) is 1.